The topological polar surface area (TPSA) is 108 Å². The predicted molar refractivity (Wildman–Crippen MR) is 66.1 cm³/mol. The zero-order valence-corrected chi connectivity index (χ0v) is 11.4. The van der Waals surface area contributed by atoms with Crippen LogP contribution in [0.2, 0.25) is 0 Å². The highest BCUT2D eigenvalue weighted by Crippen LogP contribution is 2.30. The summed E-state index contributed by atoms with van der Waals surface area (Å²) in [6, 6.07) is -0.585. The van der Waals surface area contributed by atoms with Gasteiger partial charge in [0.25, 0.3) is 0 Å². The van der Waals surface area contributed by atoms with E-state index in [9.17, 15) is 14.4 Å². The first kappa shape index (κ1) is 16.2. The molecule has 0 radical (unpaired) electrons. The van der Waals surface area contributed by atoms with Gasteiger partial charge >= 0.3 is 12.0 Å². The zero-order valence-electron chi connectivity index (χ0n) is 11.4. The van der Waals surface area contributed by atoms with Crippen molar-refractivity contribution in [2.45, 2.75) is 33.2 Å². The Balaban J connectivity index is 4.54. The van der Waals surface area contributed by atoms with Crippen molar-refractivity contribution in [3.05, 3.63) is 0 Å². The number of rotatable bonds is 5. The van der Waals surface area contributed by atoms with Crippen LogP contribution in [0, 0.1) is 5.41 Å². The lowest BCUT2D eigenvalue weighted by atomic mass is 9.74. The van der Waals surface area contributed by atoms with Crippen LogP contribution in [0.15, 0.2) is 0 Å². The summed E-state index contributed by atoms with van der Waals surface area (Å²) in [5.74, 6) is -1.35. The molecule has 0 unspecified atom stereocenters. The minimum Gasteiger partial charge on any atom is -0.481 e. The number of carboxylic acid groups (broad SMARTS) is 1. The highest BCUT2D eigenvalue weighted by atomic mass is 16.4. The van der Waals surface area contributed by atoms with Gasteiger partial charge in [-0.05, 0) is 27.7 Å². The maximum Gasteiger partial charge on any atom is 0.315 e. The lowest BCUT2D eigenvalue weighted by Gasteiger charge is -2.38. The molecule has 7 nitrogen and oxygen atoms in total. The first-order chi connectivity index (χ1) is 8.04. The second kappa shape index (κ2) is 5.70. The molecule has 0 aliphatic rings. The summed E-state index contributed by atoms with van der Waals surface area (Å²) in [5.41, 5.74) is -2.11. The van der Waals surface area contributed by atoms with Crippen LogP contribution in [-0.4, -0.2) is 42.1 Å². The highest BCUT2D eigenvalue weighted by Gasteiger charge is 2.44. The number of aliphatic carboxylic acids is 1. The Morgan fingerprint density at radius 2 is 1.61 bits per heavy atom. The molecule has 18 heavy (non-hydrogen) atoms. The third-order valence-electron chi connectivity index (χ3n) is 3.21. The molecule has 0 rings (SSSR count). The molecular formula is C11H21N3O4. The Morgan fingerprint density at radius 1 is 1.11 bits per heavy atom. The van der Waals surface area contributed by atoms with Gasteiger partial charge < -0.3 is 21.1 Å². The van der Waals surface area contributed by atoms with E-state index in [1.54, 1.807) is 13.8 Å². The largest absolute Gasteiger partial charge is 0.481 e. The molecule has 3 amide bonds. The Hall–Kier alpha value is -1.79. The van der Waals surface area contributed by atoms with Gasteiger partial charge in [0.2, 0.25) is 5.91 Å². The number of carbonyl (C=O) groups is 3. The van der Waals surface area contributed by atoms with Crippen LogP contribution >= 0.6 is 0 Å². The average Bonchev–Trinajstić information content (AvgIpc) is 2.24. The first-order valence-electron chi connectivity index (χ1n) is 5.54. The van der Waals surface area contributed by atoms with Gasteiger partial charge in [-0.25, -0.2) is 4.79 Å². The summed E-state index contributed by atoms with van der Waals surface area (Å²) in [7, 11) is 1.46. The molecule has 0 heterocycles. The van der Waals surface area contributed by atoms with E-state index in [0.29, 0.717) is 0 Å². The van der Waals surface area contributed by atoms with Crippen LogP contribution < -0.4 is 16.0 Å². The molecule has 4 N–H and O–H groups in total. The van der Waals surface area contributed by atoms with Gasteiger partial charge in [-0.1, -0.05) is 0 Å². The molecule has 0 saturated heterocycles. The van der Waals surface area contributed by atoms with E-state index >= 15 is 0 Å². The summed E-state index contributed by atoms with van der Waals surface area (Å²) < 4.78 is 0. The van der Waals surface area contributed by atoms with E-state index in [4.69, 9.17) is 5.11 Å². The van der Waals surface area contributed by atoms with Gasteiger partial charge in [0, 0.05) is 7.05 Å². The number of likely N-dealkylation sites (N-methyl/N-ethyl adjacent to an activating group) is 1. The number of nitrogens with one attached hydrogen (secondary N) is 3. The quantitative estimate of drug-likeness (QED) is 0.554. The smallest absolute Gasteiger partial charge is 0.315 e. The Bertz CT molecular complexity index is 350. The van der Waals surface area contributed by atoms with Gasteiger partial charge in [0.05, 0.1) is 17.5 Å². The standard InChI is InChI=1S/C11H21N3O4/c1-10(2,8(16)17)11(3,4)14-9(18)13-6-7(15)12-5/h6H2,1-5H3,(H,12,15)(H,16,17)(H2,13,14,18). The lowest BCUT2D eigenvalue weighted by Crippen LogP contribution is -2.59. The van der Waals surface area contributed by atoms with Crippen molar-refractivity contribution in [3.8, 4) is 0 Å². The zero-order chi connectivity index (χ0) is 14.6. The molecule has 0 aliphatic carbocycles. The van der Waals surface area contributed by atoms with E-state index in [0.717, 1.165) is 0 Å². The number of urea groups is 1. The molecule has 0 atom stereocenters. The third kappa shape index (κ3) is 3.90. The Kier molecular flexibility index (Phi) is 5.13. The maximum atomic E-state index is 11.6. The molecule has 104 valence electrons. The first-order valence-corrected chi connectivity index (χ1v) is 5.54. The average molecular weight is 259 g/mol. The Labute approximate surface area is 106 Å². The van der Waals surface area contributed by atoms with Crippen molar-refractivity contribution >= 4 is 17.9 Å². The van der Waals surface area contributed by atoms with Crippen molar-refractivity contribution in [1.29, 1.82) is 0 Å². The van der Waals surface area contributed by atoms with Crippen LogP contribution in [0.5, 0.6) is 0 Å². The lowest BCUT2D eigenvalue weighted by molar-refractivity contribution is -0.150. The van der Waals surface area contributed by atoms with E-state index in [1.165, 1.54) is 20.9 Å². The molecule has 0 aromatic rings. The predicted octanol–water partition coefficient (Wildman–Crippen LogP) is -0.0790. The Morgan fingerprint density at radius 3 is 2.00 bits per heavy atom. The van der Waals surface area contributed by atoms with Crippen LogP contribution in [-0.2, 0) is 9.59 Å². The van der Waals surface area contributed by atoms with Gasteiger partial charge in [-0.3, -0.25) is 9.59 Å². The van der Waals surface area contributed by atoms with Crippen molar-refractivity contribution in [1.82, 2.24) is 16.0 Å². The molecule has 0 spiro atoms. The van der Waals surface area contributed by atoms with Crippen molar-refractivity contribution in [2.75, 3.05) is 13.6 Å². The van der Waals surface area contributed by atoms with Crippen LogP contribution in [0.3, 0.4) is 0 Å². The summed E-state index contributed by atoms with van der Waals surface area (Å²) in [6.45, 7) is 6.11. The molecule has 0 aliphatic heterocycles. The summed E-state index contributed by atoms with van der Waals surface area (Å²) in [5, 5.41) is 16.4. The summed E-state index contributed by atoms with van der Waals surface area (Å²) in [4.78, 5) is 33.6. The van der Waals surface area contributed by atoms with Crippen molar-refractivity contribution in [3.63, 3.8) is 0 Å². The number of hydrogen-bond donors (Lipinski definition) is 4. The second-order valence-corrected chi connectivity index (χ2v) is 5.04. The molecule has 0 aromatic carbocycles. The van der Waals surface area contributed by atoms with E-state index in [1.807, 2.05) is 0 Å². The van der Waals surface area contributed by atoms with Crippen molar-refractivity contribution < 1.29 is 19.5 Å². The van der Waals surface area contributed by atoms with Crippen molar-refractivity contribution in [2.24, 2.45) is 5.41 Å². The second-order valence-electron chi connectivity index (χ2n) is 5.04. The fraction of sp³-hybridized carbons (Fsp3) is 0.727. The number of amides is 3. The van der Waals surface area contributed by atoms with E-state index in [-0.39, 0.29) is 12.5 Å². The monoisotopic (exact) mass is 259 g/mol. The van der Waals surface area contributed by atoms with E-state index < -0.39 is 23.0 Å². The third-order valence-corrected chi connectivity index (χ3v) is 3.21. The highest BCUT2D eigenvalue weighted by molar-refractivity contribution is 5.84. The minimum absolute atomic E-state index is 0.161. The van der Waals surface area contributed by atoms with Crippen LogP contribution in [0.25, 0.3) is 0 Å². The number of hydrogen-bond acceptors (Lipinski definition) is 3. The number of carboxylic acids is 1. The molecule has 0 aromatic heterocycles. The normalized spacial score (nSPS) is 11.6. The summed E-state index contributed by atoms with van der Waals surface area (Å²) in [6.07, 6.45) is 0. The van der Waals surface area contributed by atoms with Gasteiger partial charge in [-0.2, -0.15) is 0 Å². The van der Waals surface area contributed by atoms with E-state index in [2.05, 4.69) is 16.0 Å². The SMILES string of the molecule is CNC(=O)CNC(=O)NC(C)(C)C(C)(C)C(=O)O. The summed E-state index contributed by atoms with van der Waals surface area (Å²) >= 11 is 0. The fourth-order valence-electron chi connectivity index (χ4n) is 1.00. The van der Waals surface area contributed by atoms with Crippen LogP contribution in [0.1, 0.15) is 27.7 Å². The molecule has 7 heteroatoms. The number of carbonyl (C=O) groups excluding carboxylic acids is 2. The minimum atomic E-state index is -1.14. The van der Waals surface area contributed by atoms with Crippen LogP contribution in [0.4, 0.5) is 4.79 Å². The van der Waals surface area contributed by atoms with Gasteiger partial charge in [0.15, 0.2) is 0 Å². The molecule has 0 saturated carbocycles. The van der Waals surface area contributed by atoms with Gasteiger partial charge in [-0.15, -0.1) is 0 Å². The molecule has 0 bridgehead atoms. The van der Waals surface area contributed by atoms with Gasteiger partial charge in [0.1, 0.15) is 0 Å². The molecular weight excluding hydrogens is 238 g/mol. The maximum absolute atomic E-state index is 11.6. The molecule has 0 fully saturated rings. The fourth-order valence-corrected chi connectivity index (χ4v) is 1.00.